The SMILES string of the molecule is Cc1ccccc1NC(=O)NCCn1cnc(C(=O)O)c1. The van der Waals surface area contributed by atoms with Gasteiger partial charge in [-0.15, -0.1) is 0 Å². The number of carbonyl (C=O) groups excluding carboxylic acids is 1. The van der Waals surface area contributed by atoms with E-state index in [-0.39, 0.29) is 11.7 Å². The van der Waals surface area contributed by atoms with E-state index in [1.165, 1.54) is 12.5 Å². The second kappa shape index (κ2) is 6.56. The topological polar surface area (TPSA) is 96.3 Å². The largest absolute Gasteiger partial charge is 0.476 e. The van der Waals surface area contributed by atoms with Crippen molar-refractivity contribution in [1.29, 1.82) is 0 Å². The predicted octanol–water partition coefficient (Wildman–Crippen LogP) is 1.71. The molecule has 1 aromatic carbocycles. The van der Waals surface area contributed by atoms with Crippen molar-refractivity contribution >= 4 is 17.7 Å². The summed E-state index contributed by atoms with van der Waals surface area (Å²) in [5.74, 6) is -1.07. The van der Waals surface area contributed by atoms with E-state index in [9.17, 15) is 9.59 Å². The highest BCUT2D eigenvalue weighted by Crippen LogP contribution is 2.12. The Morgan fingerprint density at radius 1 is 1.33 bits per heavy atom. The maximum absolute atomic E-state index is 11.7. The van der Waals surface area contributed by atoms with Crippen LogP contribution in [0.4, 0.5) is 10.5 Å². The zero-order valence-corrected chi connectivity index (χ0v) is 11.5. The first-order valence-corrected chi connectivity index (χ1v) is 6.42. The second-order valence-electron chi connectivity index (χ2n) is 4.50. The molecule has 110 valence electrons. The first-order valence-electron chi connectivity index (χ1n) is 6.42. The number of anilines is 1. The number of rotatable bonds is 5. The highest BCUT2D eigenvalue weighted by atomic mass is 16.4. The number of hydrogen-bond donors (Lipinski definition) is 3. The van der Waals surface area contributed by atoms with Gasteiger partial charge in [0.2, 0.25) is 0 Å². The van der Waals surface area contributed by atoms with Gasteiger partial charge in [-0.1, -0.05) is 18.2 Å². The van der Waals surface area contributed by atoms with Gasteiger partial charge in [-0.05, 0) is 18.6 Å². The minimum absolute atomic E-state index is 0.0145. The average Bonchev–Trinajstić information content (AvgIpc) is 2.90. The summed E-state index contributed by atoms with van der Waals surface area (Å²) in [6.07, 6.45) is 2.84. The van der Waals surface area contributed by atoms with Gasteiger partial charge in [-0.2, -0.15) is 0 Å². The van der Waals surface area contributed by atoms with Crippen molar-refractivity contribution in [2.24, 2.45) is 0 Å². The zero-order valence-electron chi connectivity index (χ0n) is 11.5. The Balaban J connectivity index is 1.79. The third-order valence-corrected chi connectivity index (χ3v) is 2.90. The van der Waals surface area contributed by atoms with Crippen LogP contribution in [0.3, 0.4) is 0 Å². The predicted molar refractivity (Wildman–Crippen MR) is 77.4 cm³/mol. The smallest absolute Gasteiger partial charge is 0.356 e. The lowest BCUT2D eigenvalue weighted by molar-refractivity contribution is 0.0691. The molecule has 2 amide bonds. The monoisotopic (exact) mass is 288 g/mol. The first kappa shape index (κ1) is 14.6. The van der Waals surface area contributed by atoms with Gasteiger partial charge in [0.15, 0.2) is 5.69 Å². The minimum atomic E-state index is -1.07. The summed E-state index contributed by atoms with van der Waals surface area (Å²) in [5.41, 5.74) is 1.72. The van der Waals surface area contributed by atoms with E-state index in [1.807, 2.05) is 31.2 Å². The average molecular weight is 288 g/mol. The molecule has 0 aliphatic rings. The number of carboxylic acids is 1. The molecule has 0 aliphatic heterocycles. The molecule has 0 saturated carbocycles. The maximum Gasteiger partial charge on any atom is 0.356 e. The minimum Gasteiger partial charge on any atom is -0.476 e. The lowest BCUT2D eigenvalue weighted by Gasteiger charge is -2.09. The number of imidazole rings is 1. The van der Waals surface area contributed by atoms with Crippen LogP contribution >= 0.6 is 0 Å². The molecule has 0 unspecified atom stereocenters. The number of nitrogens with zero attached hydrogens (tertiary/aromatic N) is 2. The molecule has 1 heterocycles. The summed E-state index contributed by atoms with van der Waals surface area (Å²) >= 11 is 0. The Labute approximate surface area is 121 Å². The van der Waals surface area contributed by atoms with Gasteiger partial charge in [-0.25, -0.2) is 14.6 Å². The van der Waals surface area contributed by atoms with Gasteiger partial charge in [0, 0.05) is 25.0 Å². The van der Waals surface area contributed by atoms with Gasteiger partial charge >= 0.3 is 12.0 Å². The van der Waals surface area contributed by atoms with E-state index >= 15 is 0 Å². The molecular formula is C14H16N4O3. The number of aromatic carboxylic acids is 1. The number of aryl methyl sites for hydroxylation is 1. The van der Waals surface area contributed by atoms with Crippen LogP contribution in [0.15, 0.2) is 36.8 Å². The van der Waals surface area contributed by atoms with Crippen LogP contribution in [0.2, 0.25) is 0 Å². The van der Waals surface area contributed by atoms with Crippen LogP contribution < -0.4 is 10.6 Å². The molecule has 3 N–H and O–H groups in total. The summed E-state index contributed by atoms with van der Waals surface area (Å²) < 4.78 is 1.61. The van der Waals surface area contributed by atoms with Crippen LogP contribution in [0.1, 0.15) is 16.1 Å². The second-order valence-corrected chi connectivity index (χ2v) is 4.50. The fraction of sp³-hybridized carbons (Fsp3) is 0.214. The molecule has 7 heteroatoms. The number of nitrogens with one attached hydrogen (secondary N) is 2. The fourth-order valence-corrected chi connectivity index (χ4v) is 1.77. The standard InChI is InChI=1S/C14H16N4O3/c1-10-4-2-3-5-11(10)17-14(21)15-6-7-18-8-12(13(19)20)16-9-18/h2-5,8-9H,6-7H2,1H3,(H,19,20)(H2,15,17,21). The number of urea groups is 1. The summed E-state index contributed by atoms with van der Waals surface area (Å²) in [4.78, 5) is 26.1. The van der Waals surface area contributed by atoms with Gasteiger partial charge in [-0.3, -0.25) is 0 Å². The van der Waals surface area contributed by atoms with Gasteiger partial charge in [0.05, 0.1) is 6.33 Å². The number of carboxylic acid groups (broad SMARTS) is 1. The molecule has 2 rings (SSSR count). The molecular weight excluding hydrogens is 272 g/mol. The Kier molecular flexibility index (Phi) is 4.55. The van der Waals surface area contributed by atoms with Gasteiger partial charge < -0.3 is 20.3 Å². The van der Waals surface area contributed by atoms with Crippen molar-refractivity contribution in [2.75, 3.05) is 11.9 Å². The van der Waals surface area contributed by atoms with Crippen LogP contribution in [-0.2, 0) is 6.54 Å². The fourth-order valence-electron chi connectivity index (χ4n) is 1.77. The summed E-state index contributed by atoms with van der Waals surface area (Å²) in [5, 5.41) is 14.2. The molecule has 0 saturated heterocycles. The van der Waals surface area contributed by atoms with Gasteiger partial charge in [0.25, 0.3) is 0 Å². The molecule has 0 bridgehead atoms. The van der Waals surface area contributed by atoms with E-state index in [2.05, 4.69) is 15.6 Å². The van der Waals surface area contributed by atoms with Crippen molar-refractivity contribution in [1.82, 2.24) is 14.9 Å². The van der Waals surface area contributed by atoms with E-state index in [4.69, 9.17) is 5.11 Å². The molecule has 0 atom stereocenters. The molecule has 7 nitrogen and oxygen atoms in total. The molecule has 0 radical (unpaired) electrons. The Hall–Kier alpha value is -2.83. The summed E-state index contributed by atoms with van der Waals surface area (Å²) in [7, 11) is 0. The van der Waals surface area contributed by atoms with E-state index in [0.29, 0.717) is 13.1 Å². The van der Waals surface area contributed by atoms with Crippen LogP contribution in [-0.4, -0.2) is 33.2 Å². The van der Waals surface area contributed by atoms with Crippen molar-refractivity contribution in [2.45, 2.75) is 13.5 Å². The van der Waals surface area contributed by atoms with Crippen LogP contribution in [0.5, 0.6) is 0 Å². The highest BCUT2D eigenvalue weighted by molar-refractivity contribution is 5.90. The van der Waals surface area contributed by atoms with E-state index < -0.39 is 5.97 Å². The summed E-state index contributed by atoms with van der Waals surface area (Å²) in [6, 6.07) is 7.18. The Bertz CT molecular complexity index is 651. The molecule has 21 heavy (non-hydrogen) atoms. The number of hydrogen-bond acceptors (Lipinski definition) is 3. The van der Waals surface area contributed by atoms with Crippen molar-refractivity contribution in [3.05, 3.63) is 48.0 Å². The molecule has 0 spiro atoms. The van der Waals surface area contributed by atoms with E-state index in [1.54, 1.807) is 4.57 Å². The molecule has 0 fully saturated rings. The first-order chi connectivity index (χ1) is 10.1. The number of para-hydroxylation sites is 1. The molecule has 2 aromatic rings. The van der Waals surface area contributed by atoms with E-state index in [0.717, 1.165) is 11.3 Å². The van der Waals surface area contributed by atoms with Gasteiger partial charge in [0.1, 0.15) is 0 Å². The van der Waals surface area contributed by atoms with Crippen LogP contribution in [0, 0.1) is 6.92 Å². The molecule has 1 aromatic heterocycles. The lowest BCUT2D eigenvalue weighted by atomic mass is 10.2. The van der Waals surface area contributed by atoms with Crippen LogP contribution in [0.25, 0.3) is 0 Å². The van der Waals surface area contributed by atoms with Crippen molar-refractivity contribution in [3.8, 4) is 0 Å². The Morgan fingerprint density at radius 2 is 2.10 bits per heavy atom. The van der Waals surface area contributed by atoms with Crippen molar-refractivity contribution in [3.63, 3.8) is 0 Å². The number of aromatic nitrogens is 2. The quantitative estimate of drug-likeness (QED) is 0.780. The highest BCUT2D eigenvalue weighted by Gasteiger charge is 2.07. The third kappa shape index (κ3) is 4.07. The number of benzene rings is 1. The maximum atomic E-state index is 11.7. The zero-order chi connectivity index (χ0) is 15.2. The third-order valence-electron chi connectivity index (χ3n) is 2.90. The number of carbonyl (C=O) groups is 2. The normalized spacial score (nSPS) is 10.1. The summed E-state index contributed by atoms with van der Waals surface area (Å²) in [6.45, 7) is 2.73. The van der Waals surface area contributed by atoms with Crippen molar-refractivity contribution < 1.29 is 14.7 Å². The Morgan fingerprint density at radius 3 is 2.76 bits per heavy atom. The molecule has 0 aliphatic carbocycles. The number of amides is 2. The lowest BCUT2D eigenvalue weighted by Crippen LogP contribution is -2.31.